The number of hydrogen-bond acceptors (Lipinski definition) is 5. The summed E-state index contributed by atoms with van der Waals surface area (Å²) in [6, 6.07) is 36.6. The first-order chi connectivity index (χ1) is 18.8. The van der Waals surface area contributed by atoms with Crippen molar-refractivity contribution in [1.82, 2.24) is 0 Å². The zero-order valence-corrected chi connectivity index (χ0v) is 23.6. The van der Waals surface area contributed by atoms with Crippen LogP contribution in [0.25, 0.3) is 0 Å². The molecule has 200 valence electrons. The van der Waals surface area contributed by atoms with Crippen LogP contribution in [0.3, 0.4) is 0 Å². The van der Waals surface area contributed by atoms with Crippen molar-refractivity contribution in [2.24, 2.45) is 0 Å². The summed E-state index contributed by atoms with van der Waals surface area (Å²) in [6.45, 7) is 3.61. The molecule has 0 saturated carbocycles. The molecule has 4 aromatic carbocycles. The van der Waals surface area contributed by atoms with Gasteiger partial charge >= 0.3 is 0 Å². The van der Waals surface area contributed by atoms with Crippen molar-refractivity contribution in [2.45, 2.75) is 37.9 Å². The Morgan fingerprint density at radius 3 is 1.72 bits per heavy atom. The molecule has 1 N–H and O–H groups in total. The Labute approximate surface area is 235 Å². The monoisotopic (exact) mass is 558 g/mol. The van der Waals surface area contributed by atoms with Gasteiger partial charge in [0.05, 0.1) is 6.61 Å². The molecule has 3 atom stereocenters. The molecule has 0 aromatic heterocycles. The summed E-state index contributed by atoms with van der Waals surface area (Å²) < 4.78 is 18.8. The lowest BCUT2D eigenvalue weighted by Gasteiger charge is -2.38. The van der Waals surface area contributed by atoms with E-state index in [1.54, 1.807) is 38.1 Å². The van der Waals surface area contributed by atoms with Gasteiger partial charge in [0, 0.05) is 5.02 Å². The summed E-state index contributed by atoms with van der Waals surface area (Å²) in [5.41, 5.74) is 0.521. The van der Waals surface area contributed by atoms with Crippen LogP contribution in [-0.2, 0) is 18.7 Å². The van der Waals surface area contributed by atoms with E-state index in [-0.39, 0.29) is 12.4 Å². The van der Waals surface area contributed by atoms with Gasteiger partial charge in [-0.3, -0.25) is 4.79 Å². The number of rotatable bonds is 9. The minimum Gasteiger partial charge on any atom is -0.391 e. The van der Waals surface area contributed by atoms with Crippen LogP contribution in [0.1, 0.15) is 25.5 Å². The minimum absolute atomic E-state index is 0.0790. The number of ether oxygens (including phenoxy) is 2. The van der Waals surface area contributed by atoms with Crippen molar-refractivity contribution in [1.29, 1.82) is 0 Å². The lowest BCUT2D eigenvalue weighted by atomic mass is 9.99. The van der Waals surface area contributed by atoms with Crippen molar-refractivity contribution in [3.05, 3.63) is 126 Å². The second-order valence-corrected chi connectivity index (χ2v) is 13.8. The third-order valence-electron chi connectivity index (χ3n) is 6.95. The van der Waals surface area contributed by atoms with E-state index >= 15 is 0 Å². The standard InChI is InChI=1S/C32H31ClO5Si/c1-32(2)36-22-28(37-32)30(35)31(29(34)23-18-20-24(33)21-19-23)38-39(25-12-6-3-7-13-25,26-14-8-4-9-15-26)27-16-10-5-11-17-27/h3-21,28-29,31,34H,22H2,1-2H3/t28-,29-,31+/m0/s1. The molecule has 1 fully saturated rings. The van der Waals surface area contributed by atoms with Gasteiger partial charge in [0.25, 0.3) is 8.32 Å². The van der Waals surface area contributed by atoms with Gasteiger partial charge in [-0.15, -0.1) is 0 Å². The first-order valence-electron chi connectivity index (χ1n) is 12.9. The number of Topliss-reactive ketones (excluding diaryl/α,β-unsaturated/α-hetero) is 1. The molecule has 0 aliphatic carbocycles. The molecule has 4 aromatic rings. The summed E-state index contributed by atoms with van der Waals surface area (Å²) >= 11 is 6.13. The highest BCUT2D eigenvalue weighted by Gasteiger charge is 2.49. The number of carbonyl (C=O) groups is 1. The van der Waals surface area contributed by atoms with Crippen LogP contribution in [0.15, 0.2) is 115 Å². The molecule has 5 nitrogen and oxygen atoms in total. The number of carbonyl (C=O) groups excluding carboxylic acids is 1. The molecular formula is C32H31ClO5Si. The minimum atomic E-state index is -3.35. The Hall–Kier alpha value is -3.10. The molecule has 0 amide bonds. The second kappa shape index (κ2) is 11.6. The fraction of sp³-hybridized carbons (Fsp3) is 0.219. The summed E-state index contributed by atoms with van der Waals surface area (Å²) in [7, 11) is -3.35. The number of aliphatic hydroxyl groups is 1. The van der Waals surface area contributed by atoms with Gasteiger partial charge in [-0.2, -0.15) is 0 Å². The van der Waals surface area contributed by atoms with Gasteiger partial charge in [-0.05, 0) is 47.1 Å². The molecule has 0 unspecified atom stereocenters. The Kier molecular flexibility index (Phi) is 8.14. The molecule has 5 rings (SSSR count). The van der Waals surface area contributed by atoms with Crippen molar-refractivity contribution in [3.8, 4) is 0 Å². The van der Waals surface area contributed by atoms with E-state index in [0.29, 0.717) is 10.6 Å². The summed E-state index contributed by atoms with van der Waals surface area (Å²) in [5, 5.41) is 15.2. The fourth-order valence-corrected chi connectivity index (χ4v) is 9.18. The molecule has 0 bridgehead atoms. The van der Waals surface area contributed by atoms with Gasteiger partial charge in [0.1, 0.15) is 18.3 Å². The number of benzene rings is 4. The molecule has 1 aliphatic heterocycles. The van der Waals surface area contributed by atoms with E-state index in [2.05, 4.69) is 0 Å². The maximum atomic E-state index is 14.2. The quantitative estimate of drug-likeness (QED) is 0.247. The molecule has 39 heavy (non-hydrogen) atoms. The van der Waals surface area contributed by atoms with Gasteiger partial charge < -0.3 is 19.0 Å². The second-order valence-electron chi connectivity index (χ2n) is 10.0. The van der Waals surface area contributed by atoms with E-state index in [0.717, 1.165) is 15.6 Å². The Balaban J connectivity index is 1.69. The largest absolute Gasteiger partial charge is 0.391 e. The van der Waals surface area contributed by atoms with Crippen molar-refractivity contribution in [3.63, 3.8) is 0 Å². The van der Waals surface area contributed by atoms with Gasteiger partial charge in [0.2, 0.25) is 0 Å². The predicted octanol–water partition coefficient (Wildman–Crippen LogP) is 4.15. The maximum Gasteiger partial charge on any atom is 0.289 e. The van der Waals surface area contributed by atoms with Crippen LogP contribution in [0, 0.1) is 0 Å². The Morgan fingerprint density at radius 1 is 0.846 bits per heavy atom. The maximum absolute atomic E-state index is 14.2. The molecule has 7 heteroatoms. The third kappa shape index (κ3) is 5.77. The first-order valence-corrected chi connectivity index (χ1v) is 15.2. The number of hydrogen-bond donors (Lipinski definition) is 1. The van der Waals surface area contributed by atoms with Gasteiger partial charge in [0.15, 0.2) is 11.6 Å². The zero-order chi connectivity index (χ0) is 27.5. The Morgan fingerprint density at radius 2 is 1.31 bits per heavy atom. The molecule has 0 spiro atoms. The van der Waals surface area contributed by atoms with Crippen molar-refractivity contribution >= 4 is 41.3 Å². The summed E-state index contributed by atoms with van der Waals surface area (Å²) in [6.07, 6.45) is -3.41. The van der Waals surface area contributed by atoms with Gasteiger partial charge in [-0.25, -0.2) is 0 Å². The van der Waals surface area contributed by atoms with E-state index in [1.165, 1.54) is 0 Å². The highest BCUT2D eigenvalue weighted by molar-refractivity contribution is 7.07. The van der Waals surface area contributed by atoms with E-state index < -0.39 is 32.4 Å². The molecule has 1 aliphatic rings. The smallest absolute Gasteiger partial charge is 0.289 e. The highest BCUT2D eigenvalue weighted by atomic mass is 35.5. The third-order valence-corrected chi connectivity index (χ3v) is 11.2. The number of ketones is 1. The van der Waals surface area contributed by atoms with Crippen molar-refractivity contribution < 1.29 is 23.8 Å². The number of aliphatic hydroxyl groups excluding tert-OH is 1. The average Bonchev–Trinajstić information content (AvgIpc) is 3.34. The number of halogens is 1. The average molecular weight is 559 g/mol. The lowest BCUT2D eigenvalue weighted by Crippen LogP contribution is -2.71. The van der Waals surface area contributed by atoms with Crippen LogP contribution in [0.2, 0.25) is 5.02 Å². The zero-order valence-electron chi connectivity index (χ0n) is 21.9. The lowest BCUT2D eigenvalue weighted by molar-refractivity contribution is -0.159. The first kappa shape index (κ1) is 27.5. The van der Waals surface area contributed by atoms with Crippen LogP contribution < -0.4 is 15.6 Å². The summed E-state index contributed by atoms with van der Waals surface area (Å²) in [5.74, 6) is -1.29. The molecule has 1 heterocycles. The molecular weight excluding hydrogens is 528 g/mol. The van der Waals surface area contributed by atoms with Crippen molar-refractivity contribution in [2.75, 3.05) is 6.61 Å². The molecule has 1 saturated heterocycles. The van der Waals surface area contributed by atoms with E-state index in [1.807, 2.05) is 91.0 Å². The van der Waals surface area contributed by atoms with E-state index in [4.69, 9.17) is 25.5 Å². The van der Waals surface area contributed by atoms with Crippen LogP contribution >= 0.6 is 11.6 Å². The SMILES string of the molecule is CC1(C)OC[C@@H](C(=O)[C@H](O[Si](c2ccccc2)(c2ccccc2)c2ccccc2)[C@@H](O)c2ccc(Cl)cc2)O1. The normalized spacial score (nSPS) is 18.4. The van der Waals surface area contributed by atoms with Crippen LogP contribution in [0.4, 0.5) is 0 Å². The van der Waals surface area contributed by atoms with Crippen LogP contribution in [0.5, 0.6) is 0 Å². The van der Waals surface area contributed by atoms with E-state index in [9.17, 15) is 9.90 Å². The van der Waals surface area contributed by atoms with Gasteiger partial charge in [-0.1, -0.05) is 115 Å². The fourth-order valence-electron chi connectivity index (χ4n) is 5.04. The highest BCUT2D eigenvalue weighted by Crippen LogP contribution is 2.30. The topological polar surface area (TPSA) is 65.0 Å². The summed E-state index contributed by atoms with van der Waals surface area (Å²) in [4.78, 5) is 14.2. The Bertz CT molecular complexity index is 1280. The predicted molar refractivity (Wildman–Crippen MR) is 155 cm³/mol. The molecule has 0 radical (unpaired) electrons. The van der Waals surface area contributed by atoms with Crippen LogP contribution in [-0.4, -0.2) is 43.8 Å².